The topological polar surface area (TPSA) is 119 Å². The van der Waals surface area contributed by atoms with E-state index in [-0.39, 0.29) is 0 Å². The van der Waals surface area contributed by atoms with Crippen LogP contribution in [-0.2, 0) is 19.9 Å². The third-order valence-corrected chi connectivity index (χ3v) is 7.72. The highest BCUT2D eigenvalue weighted by atomic mass is 16.5. The number of rotatable bonds is 13. The lowest BCUT2D eigenvalue weighted by molar-refractivity contribution is -0.154. The van der Waals surface area contributed by atoms with Crippen molar-refractivity contribution >= 4 is 18.2 Å². The van der Waals surface area contributed by atoms with Gasteiger partial charge in [0.1, 0.15) is 6.29 Å². The molecule has 1 aliphatic rings. The smallest absolute Gasteiger partial charge is 0.312 e. The molecule has 7 heteroatoms. The van der Waals surface area contributed by atoms with Gasteiger partial charge in [0.2, 0.25) is 5.91 Å². The van der Waals surface area contributed by atoms with Crippen LogP contribution in [0, 0.1) is 17.8 Å². The van der Waals surface area contributed by atoms with Gasteiger partial charge in [-0.25, -0.2) is 0 Å². The van der Waals surface area contributed by atoms with Crippen molar-refractivity contribution in [3.63, 3.8) is 0 Å². The van der Waals surface area contributed by atoms with Crippen LogP contribution in [0.5, 0.6) is 0 Å². The van der Waals surface area contributed by atoms with Crippen LogP contribution in [0.3, 0.4) is 0 Å². The van der Waals surface area contributed by atoms with Gasteiger partial charge in [-0.1, -0.05) is 99.5 Å². The number of carbonyl (C=O) groups is 3. The average Bonchev–Trinajstić information content (AvgIpc) is 2.95. The number of benzene rings is 2. The standard InChI is InChI=1S/C30H40N2O5/c1-37-29(36)27(26(21-34)28(35)32-19-9-8-12-22-10-4-2-5-11-22)30(31,24-13-6-3-7-14-24)25-17-15-23(20-33)16-18-25/h3,6-7,13-18,20,22,26-27,34H,2,4-5,8-12,19,21,31H2,1H3,(H,32,35). The Kier molecular flexibility index (Phi) is 10.8. The maximum Gasteiger partial charge on any atom is 0.312 e. The Labute approximate surface area is 219 Å². The number of hydrogen-bond acceptors (Lipinski definition) is 6. The monoisotopic (exact) mass is 508 g/mol. The highest BCUT2D eigenvalue weighted by molar-refractivity contribution is 5.87. The van der Waals surface area contributed by atoms with Crippen molar-refractivity contribution < 1.29 is 24.2 Å². The number of aliphatic hydroxyl groups excluding tert-OH is 1. The van der Waals surface area contributed by atoms with Crippen LogP contribution in [-0.4, -0.2) is 43.5 Å². The van der Waals surface area contributed by atoms with E-state index in [1.165, 1.54) is 45.6 Å². The van der Waals surface area contributed by atoms with E-state index in [1.54, 1.807) is 48.5 Å². The van der Waals surface area contributed by atoms with Gasteiger partial charge in [-0.15, -0.1) is 0 Å². The molecular weight excluding hydrogens is 468 g/mol. The normalized spacial score (nSPS) is 17.3. The molecule has 4 N–H and O–H groups in total. The van der Waals surface area contributed by atoms with Crippen LogP contribution in [0.25, 0.3) is 0 Å². The molecule has 2 aromatic carbocycles. The Balaban J connectivity index is 1.83. The van der Waals surface area contributed by atoms with Crippen LogP contribution < -0.4 is 11.1 Å². The van der Waals surface area contributed by atoms with Crippen molar-refractivity contribution in [3.8, 4) is 0 Å². The van der Waals surface area contributed by atoms with Gasteiger partial charge in [0.05, 0.1) is 31.1 Å². The predicted molar refractivity (Wildman–Crippen MR) is 143 cm³/mol. The molecule has 0 spiro atoms. The van der Waals surface area contributed by atoms with E-state index < -0.39 is 35.9 Å². The third-order valence-electron chi connectivity index (χ3n) is 7.72. The first-order chi connectivity index (χ1) is 17.9. The molecule has 0 aliphatic heterocycles. The van der Waals surface area contributed by atoms with E-state index in [0.717, 1.165) is 25.0 Å². The Bertz CT molecular complexity index is 1000. The zero-order chi connectivity index (χ0) is 26.7. The molecule has 3 atom stereocenters. The average molecular weight is 509 g/mol. The van der Waals surface area contributed by atoms with E-state index in [2.05, 4.69) is 5.32 Å². The first kappa shape index (κ1) is 28.5. The van der Waals surface area contributed by atoms with E-state index in [1.807, 2.05) is 6.07 Å². The Morgan fingerprint density at radius 1 is 1.05 bits per heavy atom. The lowest BCUT2D eigenvalue weighted by atomic mass is 9.68. The van der Waals surface area contributed by atoms with Gasteiger partial charge in [-0.2, -0.15) is 0 Å². The fourth-order valence-corrected chi connectivity index (χ4v) is 5.59. The van der Waals surface area contributed by atoms with Crippen LogP contribution in [0.2, 0.25) is 0 Å². The molecule has 1 fully saturated rings. The molecule has 1 saturated carbocycles. The lowest BCUT2D eigenvalue weighted by Gasteiger charge is -2.40. The number of carbonyl (C=O) groups excluding carboxylic acids is 3. The van der Waals surface area contributed by atoms with E-state index >= 15 is 0 Å². The van der Waals surface area contributed by atoms with Crippen molar-refractivity contribution in [2.45, 2.75) is 56.9 Å². The second-order valence-corrected chi connectivity index (χ2v) is 10.1. The summed E-state index contributed by atoms with van der Waals surface area (Å²) in [6.45, 7) is -0.112. The molecule has 1 amide bonds. The number of nitrogens with two attached hydrogens (primary N) is 1. The minimum absolute atomic E-state index is 0.439. The fraction of sp³-hybridized carbons (Fsp3) is 0.500. The number of aldehydes is 1. The van der Waals surface area contributed by atoms with Gasteiger partial charge in [0, 0.05) is 12.1 Å². The first-order valence-electron chi connectivity index (χ1n) is 13.3. The minimum atomic E-state index is -1.50. The second kappa shape index (κ2) is 14.1. The summed E-state index contributed by atoms with van der Waals surface area (Å²) in [5.41, 5.74) is 7.12. The molecule has 1 aliphatic carbocycles. The number of methoxy groups -OCH3 is 1. The largest absolute Gasteiger partial charge is 0.469 e. The van der Waals surface area contributed by atoms with Crippen LogP contribution in [0.15, 0.2) is 54.6 Å². The summed E-state index contributed by atoms with van der Waals surface area (Å²) < 4.78 is 5.12. The summed E-state index contributed by atoms with van der Waals surface area (Å²) in [6, 6.07) is 15.5. The lowest BCUT2D eigenvalue weighted by Crippen LogP contribution is -2.56. The minimum Gasteiger partial charge on any atom is -0.469 e. The number of aliphatic hydroxyl groups is 1. The molecule has 3 rings (SSSR count). The number of amides is 1. The second-order valence-electron chi connectivity index (χ2n) is 10.1. The van der Waals surface area contributed by atoms with Crippen molar-refractivity contribution in [1.82, 2.24) is 5.32 Å². The maximum absolute atomic E-state index is 13.3. The van der Waals surface area contributed by atoms with E-state index in [4.69, 9.17) is 10.5 Å². The molecule has 0 saturated heterocycles. The zero-order valence-corrected chi connectivity index (χ0v) is 21.7. The van der Waals surface area contributed by atoms with Crippen molar-refractivity contribution in [3.05, 3.63) is 71.3 Å². The summed E-state index contributed by atoms with van der Waals surface area (Å²) >= 11 is 0. The number of nitrogens with one attached hydrogen (secondary N) is 1. The molecule has 2 aromatic rings. The Morgan fingerprint density at radius 2 is 1.70 bits per heavy atom. The van der Waals surface area contributed by atoms with Crippen molar-refractivity contribution in [2.75, 3.05) is 20.3 Å². The summed E-state index contributed by atoms with van der Waals surface area (Å²) in [7, 11) is 1.24. The number of ether oxygens (including phenoxy) is 1. The summed E-state index contributed by atoms with van der Waals surface area (Å²) in [6.07, 6.45) is 10.3. The molecule has 0 heterocycles. The summed E-state index contributed by atoms with van der Waals surface area (Å²) in [5.74, 6) is -2.70. The molecule has 7 nitrogen and oxygen atoms in total. The van der Waals surface area contributed by atoms with Gasteiger partial charge >= 0.3 is 5.97 Å². The summed E-state index contributed by atoms with van der Waals surface area (Å²) in [5, 5.41) is 13.3. The highest BCUT2D eigenvalue weighted by Crippen LogP contribution is 2.39. The third kappa shape index (κ3) is 7.05. The molecule has 0 radical (unpaired) electrons. The summed E-state index contributed by atoms with van der Waals surface area (Å²) in [4.78, 5) is 37.8. The van der Waals surface area contributed by atoms with Crippen molar-refractivity contribution in [2.24, 2.45) is 23.5 Å². The fourth-order valence-electron chi connectivity index (χ4n) is 5.59. The number of unbranched alkanes of at least 4 members (excludes halogenated alkanes) is 1. The molecular formula is C30H40N2O5. The Morgan fingerprint density at radius 3 is 2.30 bits per heavy atom. The molecule has 0 bridgehead atoms. The van der Waals surface area contributed by atoms with Crippen LogP contribution >= 0.6 is 0 Å². The predicted octanol–water partition coefficient (Wildman–Crippen LogP) is 3.97. The van der Waals surface area contributed by atoms with E-state index in [9.17, 15) is 19.5 Å². The molecule has 3 unspecified atom stereocenters. The number of esters is 1. The molecule has 0 aromatic heterocycles. The van der Waals surface area contributed by atoms with Gasteiger partial charge in [0.15, 0.2) is 0 Å². The van der Waals surface area contributed by atoms with Gasteiger partial charge in [-0.3, -0.25) is 14.4 Å². The quantitative estimate of drug-likeness (QED) is 0.214. The zero-order valence-electron chi connectivity index (χ0n) is 21.7. The Hall–Kier alpha value is -3.03. The SMILES string of the molecule is COC(=O)C(C(CO)C(=O)NCCCCC1CCCCC1)C(N)(c1ccccc1)c1ccc(C=O)cc1. The molecule has 37 heavy (non-hydrogen) atoms. The van der Waals surface area contributed by atoms with Gasteiger partial charge in [-0.05, 0) is 23.5 Å². The van der Waals surface area contributed by atoms with Gasteiger partial charge in [0.25, 0.3) is 0 Å². The maximum atomic E-state index is 13.3. The van der Waals surface area contributed by atoms with Gasteiger partial charge < -0.3 is 20.9 Å². The van der Waals surface area contributed by atoms with Crippen LogP contribution in [0.4, 0.5) is 0 Å². The highest BCUT2D eigenvalue weighted by Gasteiger charge is 2.50. The first-order valence-corrected chi connectivity index (χ1v) is 13.3. The number of hydrogen-bond donors (Lipinski definition) is 3. The molecule has 200 valence electrons. The van der Waals surface area contributed by atoms with Crippen LogP contribution in [0.1, 0.15) is 72.9 Å². The van der Waals surface area contributed by atoms with E-state index in [0.29, 0.717) is 23.2 Å². The van der Waals surface area contributed by atoms with Crippen molar-refractivity contribution in [1.29, 1.82) is 0 Å².